The Labute approximate surface area is 78.5 Å². The fourth-order valence-electron chi connectivity index (χ4n) is 1.34. The Morgan fingerprint density at radius 1 is 1.69 bits per heavy atom. The van der Waals surface area contributed by atoms with E-state index in [1.807, 2.05) is 26.1 Å². The molecule has 0 fully saturated rings. The monoisotopic (exact) mass is 177 g/mol. The van der Waals surface area contributed by atoms with Crippen LogP contribution in [0.2, 0.25) is 0 Å². The lowest BCUT2D eigenvalue weighted by Gasteiger charge is -2.13. The molecule has 2 heteroatoms. The lowest BCUT2D eigenvalue weighted by Crippen LogP contribution is -2.22. The van der Waals surface area contributed by atoms with Gasteiger partial charge < -0.3 is 4.57 Å². The van der Waals surface area contributed by atoms with Crippen molar-refractivity contribution in [1.82, 2.24) is 4.57 Å². The van der Waals surface area contributed by atoms with Crippen LogP contribution < -0.4 is 5.56 Å². The SMILES string of the molecule is C=C[C@@H](CC)n1ccc(C)cc1=O. The van der Waals surface area contributed by atoms with Gasteiger partial charge in [0.05, 0.1) is 6.04 Å². The fourth-order valence-corrected chi connectivity index (χ4v) is 1.34. The van der Waals surface area contributed by atoms with Crippen molar-refractivity contribution in [2.75, 3.05) is 0 Å². The largest absolute Gasteiger partial charge is 0.309 e. The van der Waals surface area contributed by atoms with Gasteiger partial charge >= 0.3 is 0 Å². The van der Waals surface area contributed by atoms with Crippen LogP contribution in [-0.4, -0.2) is 4.57 Å². The summed E-state index contributed by atoms with van der Waals surface area (Å²) in [5.74, 6) is 0. The van der Waals surface area contributed by atoms with Gasteiger partial charge in [-0.1, -0.05) is 13.0 Å². The number of aryl methyl sites for hydroxylation is 1. The van der Waals surface area contributed by atoms with E-state index >= 15 is 0 Å². The zero-order valence-corrected chi connectivity index (χ0v) is 8.16. The van der Waals surface area contributed by atoms with Gasteiger partial charge in [-0.2, -0.15) is 0 Å². The molecule has 0 aromatic carbocycles. The van der Waals surface area contributed by atoms with Gasteiger partial charge in [-0.3, -0.25) is 4.79 Å². The average molecular weight is 177 g/mol. The molecule has 1 heterocycles. The third-order valence-electron chi connectivity index (χ3n) is 2.15. The summed E-state index contributed by atoms with van der Waals surface area (Å²) in [7, 11) is 0. The van der Waals surface area contributed by atoms with Crippen LogP contribution in [0, 0.1) is 6.92 Å². The Bertz CT molecular complexity index is 351. The van der Waals surface area contributed by atoms with E-state index in [2.05, 4.69) is 6.58 Å². The molecule has 0 saturated heterocycles. The normalized spacial score (nSPS) is 12.5. The predicted octanol–water partition coefficient (Wildman–Crippen LogP) is 2.29. The summed E-state index contributed by atoms with van der Waals surface area (Å²) in [6.45, 7) is 7.67. The van der Waals surface area contributed by atoms with Crippen LogP contribution >= 0.6 is 0 Å². The van der Waals surface area contributed by atoms with Gasteiger partial charge in [-0.05, 0) is 25.0 Å². The molecule has 13 heavy (non-hydrogen) atoms. The molecule has 0 spiro atoms. The molecule has 0 radical (unpaired) electrons. The van der Waals surface area contributed by atoms with Crippen LogP contribution in [0.3, 0.4) is 0 Å². The zero-order chi connectivity index (χ0) is 9.84. The lowest BCUT2D eigenvalue weighted by atomic mass is 10.2. The summed E-state index contributed by atoms with van der Waals surface area (Å²) in [6.07, 6.45) is 4.52. The third-order valence-corrected chi connectivity index (χ3v) is 2.15. The molecular formula is C11H15NO. The maximum atomic E-state index is 11.5. The minimum atomic E-state index is 0.0479. The zero-order valence-electron chi connectivity index (χ0n) is 8.16. The molecule has 0 N–H and O–H groups in total. The van der Waals surface area contributed by atoms with Crippen molar-refractivity contribution in [1.29, 1.82) is 0 Å². The highest BCUT2D eigenvalue weighted by Gasteiger charge is 2.04. The van der Waals surface area contributed by atoms with E-state index < -0.39 is 0 Å². The molecule has 70 valence electrons. The number of rotatable bonds is 3. The first-order valence-electron chi connectivity index (χ1n) is 4.50. The molecule has 2 nitrogen and oxygen atoms in total. The van der Waals surface area contributed by atoms with E-state index in [1.54, 1.807) is 16.7 Å². The number of nitrogens with zero attached hydrogens (tertiary/aromatic N) is 1. The van der Waals surface area contributed by atoms with Gasteiger partial charge in [0, 0.05) is 12.3 Å². The first kappa shape index (κ1) is 9.78. The molecule has 0 aliphatic carbocycles. The summed E-state index contributed by atoms with van der Waals surface area (Å²) in [5.41, 5.74) is 1.05. The molecule has 1 aromatic heterocycles. The van der Waals surface area contributed by atoms with Crippen molar-refractivity contribution >= 4 is 0 Å². The highest BCUT2D eigenvalue weighted by Crippen LogP contribution is 2.08. The molecular weight excluding hydrogens is 162 g/mol. The first-order valence-corrected chi connectivity index (χ1v) is 4.50. The quantitative estimate of drug-likeness (QED) is 0.649. The van der Waals surface area contributed by atoms with Crippen LogP contribution in [-0.2, 0) is 0 Å². The van der Waals surface area contributed by atoms with Gasteiger partial charge in [0.25, 0.3) is 5.56 Å². The van der Waals surface area contributed by atoms with Crippen molar-refractivity contribution in [2.45, 2.75) is 26.3 Å². The van der Waals surface area contributed by atoms with E-state index in [0.29, 0.717) is 0 Å². The summed E-state index contributed by atoms with van der Waals surface area (Å²) in [6, 6.07) is 3.70. The van der Waals surface area contributed by atoms with Crippen LogP contribution in [0.25, 0.3) is 0 Å². The third kappa shape index (κ3) is 2.08. The lowest BCUT2D eigenvalue weighted by molar-refractivity contribution is 0.566. The number of hydrogen-bond donors (Lipinski definition) is 0. The molecule has 0 saturated carbocycles. The molecule has 0 bridgehead atoms. The number of aromatic nitrogens is 1. The van der Waals surface area contributed by atoms with Crippen LogP contribution in [0.15, 0.2) is 35.8 Å². The highest BCUT2D eigenvalue weighted by atomic mass is 16.1. The maximum absolute atomic E-state index is 11.5. The molecule has 0 aliphatic heterocycles. The minimum absolute atomic E-state index is 0.0479. The van der Waals surface area contributed by atoms with Gasteiger partial charge in [-0.25, -0.2) is 0 Å². The number of hydrogen-bond acceptors (Lipinski definition) is 1. The molecule has 1 rings (SSSR count). The van der Waals surface area contributed by atoms with Crippen LogP contribution in [0.5, 0.6) is 0 Å². The van der Waals surface area contributed by atoms with Crippen molar-refractivity contribution in [3.05, 3.63) is 46.9 Å². The summed E-state index contributed by atoms with van der Waals surface area (Å²) in [5, 5.41) is 0. The van der Waals surface area contributed by atoms with Crippen LogP contribution in [0.1, 0.15) is 24.9 Å². The van der Waals surface area contributed by atoms with E-state index in [-0.39, 0.29) is 11.6 Å². The second-order valence-electron chi connectivity index (χ2n) is 3.16. The van der Waals surface area contributed by atoms with Crippen molar-refractivity contribution < 1.29 is 0 Å². The van der Waals surface area contributed by atoms with Gasteiger partial charge in [0.15, 0.2) is 0 Å². The summed E-state index contributed by atoms with van der Waals surface area (Å²) >= 11 is 0. The standard InChI is InChI=1S/C11H15NO/c1-4-10(5-2)12-7-6-9(3)8-11(12)13/h4,6-8,10H,1,5H2,2-3H3/t10-/m0/s1. The number of pyridine rings is 1. The fraction of sp³-hybridized carbons (Fsp3) is 0.364. The van der Waals surface area contributed by atoms with Gasteiger partial charge in [-0.15, -0.1) is 6.58 Å². The summed E-state index contributed by atoms with van der Waals surface area (Å²) < 4.78 is 1.71. The molecule has 0 aliphatic rings. The molecule has 1 aromatic rings. The minimum Gasteiger partial charge on any atom is -0.309 e. The van der Waals surface area contributed by atoms with Crippen molar-refractivity contribution in [2.24, 2.45) is 0 Å². The Balaban J connectivity index is 3.14. The average Bonchev–Trinajstić information content (AvgIpc) is 2.10. The second-order valence-corrected chi connectivity index (χ2v) is 3.16. The molecule has 1 atom stereocenters. The van der Waals surface area contributed by atoms with E-state index in [4.69, 9.17) is 0 Å². The van der Waals surface area contributed by atoms with Crippen molar-refractivity contribution in [3.63, 3.8) is 0 Å². The smallest absolute Gasteiger partial charge is 0.251 e. The second kappa shape index (κ2) is 4.08. The Hall–Kier alpha value is -1.31. The van der Waals surface area contributed by atoms with E-state index in [0.717, 1.165) is 12.0 Å². The number of allylic oxidation sites excluding steroid dienone is 1. The molecule has 0 amide bonds. The summed E-state index contributed by atoms with van der Waals surface area (Å²) in [4.78, 5) is 11.5. The maximum Gasteiger partial charge on any atom is 0.251 e. The van der Waals surface area contributed by atoms with Gasteiger partial charge in [0.1, 0.15) is 0 Å². The first-order chi connectivity index (χ1) is 6.19. The molecule has 0 unspecified atom stereocenters. The van der Waals surface area contributed by atoms with Crippen molar-refractivity contribution in [3.8, 4) is 0 Å². The van der Waals surface area contributed by atoms with Gasteiger partial charge in [0.2, 0.25) is 0 Å². The highest BCUT2D eigenvalue weighted by molar-refractivity contribution is 5.09. The Kier molecular flexibility index (Phi) is 3.07. The predicted molar refractivity (Wildman–Crippen MR) is 55.0 cm³/mol. The van der Waals surface area contributed by atoms with E-state index in [9.17, 15) is 4.79 Å². The Morgan fingerprint density at radius 2 is 2.38 bits per heavy atom. The Morgan fingerprint density at radius 3 is 2.85 bits per heavy atom. The topological polar surface area (TPSA) is 22.0 Å². The van der Waals surface area contributed by atoms with Crippen LogP contribution in [0.4, 0.5) is 0 Å². The van der Waals surface area contributed by atoms with E-state index in [1.165, 1.54) is 0 Å².